The van der Waals surface area contributed by atoms with E-state index in [2.05, 4.69) is 9.69 Å². The molecule has 190 valence electrons. The third-order valence-electron chi connectivity index (χ3n) is 5.43. The zero-order valence-corrected chi connectivity index (χ0v) is 21.0. The summed E-state index contributed by atoms with van der Waals surface area (Å²) in [5, 5.41) is 2.87. The Morgan fingerprint density at radius 1 is 1.14 bits per heavy atom. The van der Waals surface area contributed by atoms with E-state index in [4.69, 9.17) is 16.2 Å². The van der Waals surface area contributed by atoms with Gasteiger partial charge in [-0.2, -0.15) is 4.37 Å². The van der Waals surface area contributed by atoms with Gasteiger partial charge in [-0.05, 0) is 53.7 Å². The number of anilines is 2. The quantitative estimate of drug-likeness (QED) is 0.379. The number of rotatable bonds is 10. The van der Waals surface area contributed by atoms with E-state index >= 15 is 0 Å². The minimum Gasteiger partial charge on any atom is -0.495 e. The van der Waals surface area contributed by atoms with Crippen molar-refractivity contribution >= 4 is 40.6 Å². The Balaban J connectivity index is 2.20. The molecule has 0 aliphatic heterocycles. The van der Waals surface area contributed by atoms with Gasteiger partial charge in [0.2, 0.25) is 5.91 Å². The fraction of sp³-hybridized carbons (Fsp3) is 0.280. The van der Waals surface area contributed by atoms with Crippen molar-refractivity contribution in [2.45, 2.75) is 26.3 Å². The molecule has 1 heterocycles. The number of nitrogens with zero attached hydrogens (tertiary/aromatic N) is 2. The Kier molecular flexibility index (Phi) is 8.59. The highest BCUT2D eigenvalue weighted by Crippen LogP contribution is 2.37. The molecule has 11 heteroatoms. The Labute approximate surface area is 212 Å². The summed E-state index contributed by atoms with van der Waals surface area (Å²) in [6, 6.07) is 10.7. The number of primary amides is 1. The van der Waals surface area contributed by atoms with E-state index in [9.17, 15) is 18.8 Å². The van der Waals surface area contributed by atoms with Crippen molar-refractivity contribution in [3.8, 4) is 5.75 Å². The molecule has 3 amide bonds. The van der Waals surface area contributed by atoms with E-state index in [1.807, 2.05) is 13.8 Å². The monoisotopic (exact) mass is 513 g/mol. The minimum absolute atomic E-state index is 0.0724. The molecule has 0 aliphatic rings. The van der Waals surface area contributed by atoms with Gasteiger partial charge in [0.1, 0.15) is 22.5 Å². The zero-order chi connectivity index (χ0) is 26.4. The molecule has 0 saturated carbocycles. The van der Waals surface area contributed by atoms with Gasteiger partial charge in [0, 0.05) is 6.54 Å². The van der Waals surface area contributed by atoms with Crippen LogP contribution in [0.25, 0.3) is 0 Å². The number of nitrogens with two attached hydrogens (primary N) is 2. The molecule has 1 atom stereocenters. The number of benzene rings is 2. The Bertz CT molecular complexity index is 1250. The van der Waals surface area contributed by atoms with Crippen LogP contribution in [0.4, 0.5) is 15.8 Å². The topological polar surface area (TPSA) is 141 Å². The second kappa shape index (κ2) is 11.6. The summed E-state index contributed by atoms with van der Waals surface area (Å²) in [6.45, 7) is 4.42. The summed E-state index contributed by atoms with van der Waals surface area (Å²) >= 11 is 0.698. The maximum absolute atomic E-state index is 14.0. The van der Waals surface area contributed by atoms with Gasteiger partial charge in [-0.15, -0.1) is 0 Å². The molecule has 0 spiro atoms. The molecular weight excluding hydrogens is 485 g/mol. The maximum Gasteiger partial charge on any atom is 0.273 e. The van der Waals surface area contributed by atoms with Crippen molar-refractivity contribution < 1.29 is 23.5 Å². The number of ether oxygens (including phenoxy) is 1. The summed E-state index contributed by atoms with van der Waals surface area (Å²) in [5.41, 5.74) is 11.6. The molecule has 2 aromatic carbocycles. The average Bonchev–Trinajstić information content (AvgIpc) is 3.24. The zero-order valence-electron chi connectivity index (χ0n) is 20.2. The van der Waals surface area contributed by atoms with E-state index in [1.54, 1.807) is 24.3 Å². The number of nitrogens with one attached hydrogen (secondary N) is 1. The predicted molar refractivity (Wildman–Crippen MR) is 136 cm³/mol. The molecule has 1 aromatic heterocycles. The molecule has 5 N–H and O–H groups in total. The van der Waals surface area contributed by atoms with Gasteiger partial charge in [-0.3, -0.25) is 19.3 Å². The lowest BCUT2D eigenvalue weighted by molar-refractivity contribution is -0.122. The van der Waals surface area contributed by atoms with Crippen LogP contribution in [0.2, 0.25) is 0 Å². The highest BCUT2D eigenvalue weighted by molar-refractivity contribution is 7.09. The van der Waals surface area contributed by atoms with Crippen molar-refractivity contribution in [3.05, 3.63) is 70.5 Å². The number of nitrogen functional groups attached to an aromatic ring is 1. The number of para-hydroxylation sites is 2. The number of aromatic nitrogens is 1. The molecule has 0 aliphatic carbocycles. The van der Waals surface area contributed by atoms with Gasteiger partial charge in [0.05, 0.1) is 18.5 Å². The molecule has 0 unspecified atom stereocenters. The van der Waals surface area contributed by atoms with Crippen molar-refractivity contribution in [2.75, 3.05) is 24.3 Å². The highest BCUT2D eigenvalue weighted by Gasteiger charge is 2.37. The Morgan fingerprint density at radius 3 is 2.39 bits per heavy atom. The van der Waals surface area contributed by atoms with Crippen LogP contribution >= 0.6 is 11.5 Å². The first-order valence-corrected chi connectivity index (χ1v) is 12.0. The predicted octanol–water partition coefficient (Wildman–Crippen LogP) is 3.52. The SMILES string of the molecule is COc1ccccc1N(C(=O)c1snc(C(N)=O)c1N)[C@H](C(=O)NCCC(C)C)c1ccc(F)cc1. The lowest BCUT2D eigenvalue weighted by Gasteiger charge is -2.32. The molecule has 3 aromatic rings. The highest BCUT2D eigenvalue weighted by atomic mass is 32.1. The van der Waals surface area contributed by atoms with Crippen LogP contribution in [0.1, 0.15) is 52.0 Å². The number of hydrogen-bond acceptors (Lipinski definition) is 7. The summed E-state index contributed by atoms with van der Waals surface area (Å²) < 4.78 is 23.2. The van der Waals surface area contributed by atoms with Crippen LogP contribution in [0.5, 0.6) is 5.75 Å². The first kappa shape index (κ1) is 26.6. The first-order valence-electron chi connectivity index (χ1n) is 11.2. The third kappa shape index (κ3) is 5.80. The van der Waals surface area contributed by atoms with Gasteiger partial charge in [0.15, 0.2) is 5.69 Å². The van der Waals surface area contributed by atoms with Crippen LogP contribution in [-0.2, 0) is 4.79 Å². The van der Waals surface area contributed by atoms with Crippen LogP contribution in [0.3, 0.4) is 0 Å². The molecule has 0 saturated heterocycles. The Hall–Kier alpha value is -3.99. The van der Waals surface area contributed by atoms with Crippen molar-refractivity contribution in [1.82, 2.24) is 9.69 Å². The van der Waals surface area contributed by atoms with Gasteiger partial charge in [0.25, 0.3) is 11.8 Å². The summed E-state index contributed by atoms with van der Waals surface area (Å²) in [4.78, 5) is 40.4. The minimum atomic E-state index is -1.22. The fourth-order valence-electron chi connectivity index (χ4n) is 3.58. The molecule has 0 bridgehead atoms. The van der Waals surface area contributed by atoms with Crippen LogP contribution in [0, 0.1) is 11.7 Å². The molecule has 0 fully saturated rings. The number of carbonyl (C=O) groups excluding carboxylic acids is 3. The van der Waals surface area contributed by atoms with Gasteiger partial charge >= 0.3 is 0 Å². The van der Waals surface area contributed by atoms with Gasteiger partial charge < -0.3 is 21.5 Å². The van der Waals surface area contributed by atoms with Crippen molar-refractivity contribution in [3.63, 3.8) is 0 Å². The molecule has 9 nitrogen and oxygen atoms in total. The van der Waals surface area contributed by atoms with Crippen LogP contribution in [0.15, 0.2) is 48.5 Å². The van der Waals surface area contributed by atoms with Gasteiger partial charge in [-0.1, -0.05) is 38.1 Å². The van der Waals surface area contributed by atoms with E-state index in [0.717, 1.165) is 0 Å². The normalized spacial score (nSPS) is 11.7. The largest absolute Gasteiger partial charge is 0.495 e. The summed E-state index contributed by atoms with van der Waals surface area (Å²) in [6.07, 6.45) is 0.717. The maximum atomic E-state index is 14.0. The molecule has 36 heavy (non-hydrogen) atoms. The number of methoxy groups -OCH3 is 1. The number of amides is 3. The molecule has 0 radical (unpaired) electrons. The van der Waals surface area contributed by atoms with Crippen LogP contribution < -0.4 is 26.4 Å². The fourth-order valence-corrected chi connectivity index (χ4v) is 4.32. The lowest BCUT2D eigenvalue weighted by Crippen LogP contribution is -2.44. The summed E-state index contributed by atoms with van der Waals surface area (Å²) in [7, 11) is 1.43. The lowest BCUT2D eigenvalue weighted by atomic mass is 10.0. The van der Waals surface area contributed by atoms with Crippen LogP contribution in [-0.4, -0.2) is 35.7 Å². The Morgan fingerprint density at radius 2 is 1.81 bits per heavy atom. The number of halogens is 1. The average molecular weight is 514 g/mol. The molecular formula is C25H28FN5O4S. The van der Waals surface area contributed by atoms with E-state index in [-0.39, 0.29) is 21.9 Å². The number of carbonyl (C=O) groups is 3. The second-order valence-corrected chi connectivity index (χ2v) is 9.19. The standard InChI is InChI=1S/C25H28FN5O4S/c1-14(2)12-13-29-24(33)21(15-8-10-16(26)11-9-15)31(17-6-4-5-7-18(17)35-3)25(34)22-19(27)20(23(28)32)30-36-22/h4-11,14,21H,12-13,27H2,1-3H3,(H2,28,32)(H,29,33)/t21-/m0/s1. The molecule has 3 rings (SSSR count). The smallest absolute Gasteiger partial charge is 0.273 e. The van der Waals surface area contributed by atoms with E-state index in [0.29, 0.717) is 41.7 Å². The van der Waals surface area contributed by atoms with E-state index < -0.39 is 29.6 Å². The second-order valence-electron chi connectivity index (χ2n) is 8.41. The summed E-state index contributed by atoms with van der Waals surface area (Å²) in [5.74, 6) is -1.91. The third-order valence-corrected chi connectivity index (χ3v) is 6.28. The van der Waals surface area contributed by atoms with Gasteiger partial charge in [-0.25, -0.2) is 4.39 Å². The van der Waals surface area contributed by atoms with Crippen molar-refractivity contribution in [2.24, 2.45) is 11.7 Å². The van der Waals surface area contributed by atoms with Crippen molar-refractivity contribution in [1.29, 1.82) is 0 Å². The number of hydrogen-bond donors (Lipinski definition) is 3. The van der Waals surface area contributed by atoms with E-state index in [1.165, 1.54) is 36.3 Å². The first-order chi connectivity index (χ1) is 17.1.